The zero-order chi connectivity index (χ0) is 30.4. The monoisotopic (exact) mass is 598 g/mol. The fourth-order valence-electron chi connectivity index (χ4n) is 3.69. The van der Waals surface area contributed by atoms with Gasteiger partial charge in [-0.15, -0.1) is 0 Å². The van der Waals surface area contributed by atoms with Crippen LogP contribution < -0.4 is 14.2 Å². The van der Waals surface area contributed by atoms with Crippen molar-refractivity contribution in [2.45, 2.75) is 20.8 Å². The molecule has 218 valence electrons. The molecule has 0 saturated carbocycles. The Kier molecular flexibility index (Phi) is 9.22. The van der Waals surface area contributed by atoms with Gasteiger partial charge in [0.2, 0.25) is 5.88 Å². The normalized spacial score (nSPS) is 12.3. The van der Waals surface area contributed by atoms with Gasteiger partial charge in [0.15, 0.2) is 13.2 Å². The second-order valence-electron chi connectivity index (χ2n) is 8.45. The largest absolute Gasteiger partial charge is 0.463 e. The van der Waals surface area contributed by atoms with Crippen LogP contribution in [0.4, 0.5) is 0 Å². The first-order chi connectivity index (χ1) is 20.0. The van der Waals surface area contributed by atoms with Crippen LogP contribution in [0.1, 0.15) is 26.3 Å². The van der Waals surface area contributed by atoms with Gasteiger partial charge in [-0.3, -0.25) is 9.59 Å². The van der Waals surface area contributed by atoms with E-state index in [-0.39, 0.29) is 41.0 Å². The highest BCUT2D eigenvalue weighted by Crippen LogP contribution is 2.47. The number of halogens is 1. The van der Waals surface area contributed by atoms with E-state index in [1.165, 1.54) is 22.9 Å². The van der Waals surface area contributed by atoms with Gasteiger partial charge in [-0.1, -0.05) is 11.6 Å². The van der Waals surface area contributed by atoms with Crippen LogP contribution in [-0.2, 0) is 38.2 Å². The molecule has 3 aromatic rings. The molecule has 0 bridgehead atoms. The molecule has 2 heterocycles. The molecule has 1 aromatic heterocycles. The van der Waals surface area contributed by atoms with Gasteiger partial charge in [0.05, 0.1) is 18.4 Å². The lowest BCUT2D eigenvalue weighted by molar-refractivity contribution is -0.152. The van der Waals surface area contributed by atoms with Crippen LogP contribution in [0.3, 0.4) is 0 Å². The van der Waals surface area contributed by atoms with Gasteiger partial charge in [0.25, 0.3) is 0 Å². The fourth-order valence-corrected chi connectivity index (χ4v) is 3.82. The van der Waals surface area contributed by atoms with Crippen molar-refractivity contribution in [1.29, 1.82) is 0 Å². The Hall–Kier alpha value is -5.17. The number of aromatic nitrogens is 2. The van der Waals surface area contributed by atoms with E-state index < -0.39 is 43.1 Å². The minimum atomic E-state index is -0.947. The maximum atomic E-state index is 12.7. The van der Waals surface area contributed by atoms with Crippen LogP contribution in [0, 0.1) is 0 Å². The Labute approximate surface area is 243 Å². The van der Waals surface area contributed by atoms with Crippen molar-refractivity contribution in [3.8, 4) is 34.3 Å². The average Bonchev–Trinajstić information content (AvgIpc) is 3.31. The minimum Gasteiger partial charge on any atom is -0.463 e. The molecule has 0 fully saturated rings. The molecule has 0 amide bonds. The third-order valence-electron chi connectivity index (χ3n) is 5.35. The number of ether oxygens (including phenoxy) is 6. The number of esters is 5. The maximum absolute atomic E-state index is 12.7. The van der Waals surface area contributed by atoms with E-state index in [1.807, 2.05) is 0 Å². The van der Waals surface area contributed by atoms with Gasteiger partial charge < -0.3 is 28.4 Å². The quantitative estimate of drug-likeness (QED) is 0.153. The summed E-state index contributed by atoms with van der Waals surface area (Å²) in [5, 5.41) is 5.06. The number of benzene rings is 2. The summed E-state index contributed by atoms with van der Waals surface area (Å²) in [7, 11) is 0. The van der Waals surface area contributed by atoms with Crippen LogP contribution >= 0.6 is 11.6 Å². The van der Waals surface area contributed by atoms with Crippen molar-refractivity contribution in [1.82, 2.24) is 9.78 Å². The van der Waals surface area contributed by atoms with Crippen LogP contribution in [0.5, 0.6) is 17.4 Å². The molecule has 0 N–H and O–H groups in total. The Bertz CT molecular complexity index is 1590. The smallest absolute Gasteiger partial charge is 0.351 e. The molecule has 0 atom stereocenters. The summed E-state index contributed by atoms with van der Waals surface area (Å²) in [6.45, 7) is 2.70. The third kappa shape index (κ3) is 7.12. The second-order valence-corrected chi connectivity index (χ2v) is 8.88. The minimum absolute atomic E-state index is 0.0627. The van der Waals surface area contributed by atoms with Crippen molar-refractivity contribution in [2.24, 2.45) is 0 Å². The number of fused-ring (bicyclic) bond motifs is 3. The summed E-state index contributed by atoms with van der Waals surface area (Å²) in [6.07, 6.45) is 1.07. The van der Waals surface area contributed by atoms with E-state index in [0.29, 0.717) is 16.3 Å². The Balaban J connectivity index is 1.87. The Morgan fingerprint density at radius 3 is 2.17 bits per heavy atom. The molecule has 1 aliphatic rings. The number of hydrogen-bond donors (Lipinski definition) is 0. The molecule has 0 unspecified atom stereocenters. The first-order valence-electron chi connectivity index (χ1n) is 12.3. The number of nitrogens with zero attached hydrogens (tertiary/aromatic N) is 2. The highest BCUT2D eigenvalue weighted by Gasteiger charge is 2.34. The molecular formula is C28H23ClN2O11. The van der Waals surface area contributed by atoms with Gasteiger partial charge in [0.1, 0.15) is 28.5 Å². The molecule has 42 heavy (non-hydrogen) atoms. The lowest BCUT2D eigenvalue weighted by Gasteiger charge is -2.20. The Morgan fingerprint density at radius 1 is 0.905 bits per heavy atom. The average molecular weight is 599 g/mol. The molecule has 13 nitrogen and oxygen atoms in total. The molecule has 4 rings (SSSR count). The molecule has 2 aromatic carbocycles. The summed E-state index contributed by atoms with van der Waals surface area (Å²) in [5.41, 5.74) is 0.957. The molecule has 0 radical (unpaired) electrons. The molecular weight excluding hydrogens is 576 g/mol. The number of carbonyl (C=O) groups excluding carboxylic acids is 5. The number of carbonyl (C=O) groups is 5. The Morgan fingerprint density at radius 2 is 1.55 bits per heavy atom. The van der Waals surface area contributed by atoms with Crippen molar-refractivity contribution >= 4 is 47.2 Å². The highest BCUT2D eigenvalue weighted by molar-refractivity contribution is 6.30. The summed E-state index contributed by atoms with van der Waals surface area (Å²) in [4.78, 5) is 59.6. The molecule has 0 aliphatic carbocycles. The zero-order valence-corrected chi connectivity index (χ0v) is 23.3. The van der Waals surface area contributed by atoms with Gasteiger partial charge in [-0.05, 0) is 49.4 Å². The summed E-state index contributed by atoms with van der Waals surface area (Å²) in [6, 6.07) is 10.7. The van der Waals surface area contributed by atoms with E-state index in [4.69, 9.17) is 35.3 Å². The van der Waals surface area contributed by atoms with Gasteiger partial charge >= 0.3 is 29.8 Å². The van der Waals surface area contributed by atoms with E-state index in [1.54, 1.807) is 31.2 Å². The predicted molar refractivity (Wildman–Crippen MR) is 144 cm³/mol. The first-order valence-corrected chi connectivity index (χ1v) is 12.7. The van der Waals surface area contributed by atoms with E-state index in [0.717, 1.165) is 19.9 Å². The van der Waals surface area contributed by atoms with Gasteiger partial charge in [-0.25, -0.2) is 14.4 Å². The van der Waals surface area contributed by atoms with Crippen molar-refractivity contribution in [2.75, 3.05) is 19.8 Å². The summed E-state index contributed by atoms with van der Waals surface area (Å²) in [5.74, 6) is -3.84. The van der Waals surface area contributed by atoms with Gasteiger partial charge in [-0.2, -0.15) is 9.78 Å². The van der Waals surface area contributed by atoms with Crippen molar-refractivity contribution < 1.29 is 52.4 Å². The van der Waals surface area contributed by atoms with E-state index in [2.05, 4.69) is 9.84 Å². The lowest BCUT2D eigenvalue weighted by atomic mass is 10.0. The summed E-state index contributed by atoms with van der Waals surface area (Å²) >= 11 is 6.06. The first kappa shape index (κ1) is 29.8. The summed E-state index contributed by atoms with van der Waals surface area (Å²) < 4.78 is 32.6. The van der Waals surface area contributed by atoms with Crippen molar-refractivity contribution in [3.05, 3.63) is 59.1 Å². The topological polar surface area (TPSA) is 159 Å². The van der Waals surface area contributed by atoms with Crippen molar-refractivity contribution in [3.63, 3.8) is 0 Å². The number of hydrogen-bond acceptors (Lipinski definition) is 12. The third-order valence-corrected chi connectivity index (χ3v) is 5.60. The predicted octanol–water partition coefficient (Wildman–Crippen LogP) is 3.43. The standard InChI is InChI=1S/C28H23ClN2O11/c1-4-37-23(34)12-22-26-27(20-11-19(9-10-21(20)41-22)40-24(35)13-38-15(2)32)30-31(18-7-5-17(29)6-8-18)28(26)42-25(36)14-39-16(3)33/h5-12H,4,13-14H2,1-3H3. The fraction of sp³-hybridized carbons (Fsp3) is 0.214. The van der Waals surface area contributed by atoms with Crippen LogP contribution in [0.2, 0.25) is 5.02 Å². The molecule has 14 heteroatoms. The molecule has 0 spiro atoms. The highest BCUT2D eigenvalue weighted by atomic mass is 35.5. The lowest BCUT2D eigenvalue weighted by Crippen LogP contribution is -2.20. The van der Waals surface area contributed by atoms with Crippen LogP contribution in [-0.4, -0.2) is 59.4 Å². The van der Waals surface area contributed by atoms with Crippen LogP contribution in [0.15, 0.2) is 48.5 Å². The molecule has 1 aliphatic heterocycles. The van der Waals surface area contributed by atoms with Crippen LogP contribution in [0.25, 0.3) is 22.7 Å². The second kappa shape index (κ2) is 13.0. The zero-order valence-electron chi connectivity index (χ0n) is 22.5. The SMILES string of the molecule is CCOC(=O)C=C1Oc2ccc(OC(=O)COC(C)=O)cc2-c2nn(-c3ccc(Cl)cc3)c(OC(=O)COC(C)=O)c21. The van der Waals surface area contributed by atoms with E-state index >= 15 is 0 Å². The molecule has 0 saturated heterocycles. The van der Waals surface area contributed by atoms with E-state index in [9.17, 15) is 24.0 Å². The number of rotatable bonds is 9. The van der Waals surface area contributed by atoms with Gasteiger partial charge in [0, 0.05) is 24.4 Å². The maximum Gasteiger partial charge on any atom is 0.351 e.